The van der Waals surface area contributed by atoms with E-state index in [0.29, 0.717) is 16.9 Å². The van der Waals surface area contributed by atoms with Gasteiger partial charge in [0, 0.05) is 17.0 Å². The molecule has 0 amide bonds. The normalized spacial score (nSPS) is 12.3. The smallest absolute Gasteiger partial charge is 0.268 e. The summed E-state index contributed by atoms with van der Waals surface area (Å²) in [5, 5.41) is 8.24. The van der Waals surface area contributed by atoms with Crippen LogP contribution in [0.5, 0.6) is 0 Å². The van der Waals surface area contributed by atoms with Crippen LogP contribution in [0.4, 0.5) is 0 Å². The Morgan fingerprint density at radius 1 is 1.05 bits per heavy atom. The predicted molar refractivity (Wildman–Crippen MR) is 84.1 cm³/mol. The number of fused-ring (bicyclic) bond motifs is 1. The maximum absolute atomic E-state index is 10.7. The van der Waals surface area contributed by atoms with E-state index in [9.17, 15) is 4.79 Å². The zero-order chi connectivity index (χ0) is 15.7. The van der Waals surface area contributed by atoms with Crippen molar-refractivity contribution >= 4 is 64.2 Å². The molecule has 8 heteroatoms. The van der Waals surface area contributed by atoms with E-state index in [1.807, 2.05) is 6.07 Å². The summed E-state index contributed by atoms with van der Waals surface area (Å²) >= 11 is 16.9. The summed E-state index contributed by atoms with van der Waals surface area (Å²) in [4.78, 5) is 10.7. The molecule has 0 fully saturated rings. The van der Waals surface area contributed by atoms with Crippen LogP contribution < -0.4 is 0 Å². The van der Waals surface area contributed by atoms with Crippen molar-refractivity contribution in [2.24, 2.45) is 0 Å². The molecule has 3 aromatic rings. The van der Waals surface area contributed by atoms with Crippen molar-refractivity contribution in [3.63, 3.8) is 0 Å². The first-order valence-corrected chi connectivity index (χ1v) is 7.16. The molecule has 5 nitrogen and oxygen atoms in total. The highest BCUT2D eigenvalue weighted by atomic mass is 35.6. The zero-order valence-electron chi connectivity index (χ0n) is 10.8. The zero-order valence-corrected chi connectivity index (χ0v) is 13.1. The molecular weight excluding hydrogens is 351 g/mol. The quantitative estimate of drug-likeness (QED) is 0.505. The summed E-state index contributed by atoms with van der Waals surface area (Å²) in [6, 6.07) is 6.98. The Hall–Kier alpha value is -1.82. The van der Waals surface area contributed by atoms with E-state index in [2.05, 4.69) is 10.2 Å². The van der Waals surface area contributed by atoms with E-state index in [-0.39, 0.29) is 11.8 Å². The molecule has 0 aliphatic rings. The Labute approximate surface area is 139 Å². The lowest BCUT2D eigenvalue weighted by Gasteiger charge is -2.01. The number of aromatic nitrogens is 2. The molecule has 3 rings (SSSR count). The van der Waals surface area contributed by atoms with Gasteiger partial charge in [-0.25, -0.2) is 0 Å². The molecule has 2 heterocycles. The molecule has 1 aromatic carbocycles. The van der Waals surface area contributed by atoms with Crippen molar-refractivity contribution in [3.05, 3.63) is 47.4 Å². The third kappa shape index (κ3) is 3.16. The number of aldehydes is 1. The predicted octanol–water partition coefficient (Wildman–Crippen LogP) is 4.63. The SMILES string of the molecule is O=Cc1ccc2cc(/C=C/c3nnc(C(Cl)(Cl)Cl)o3)oc2c1. The Morgan fingerprint density at radius 3 is 2.55 bits per heavy atom. The molecule has 0 radical (unpaired) electrons. The van der Waals surface area contributed by atoms with Crippen LogP contribution in [-0.4, -0.2) is 16.5 Å². The highest BCUT2D eigenvalue weighted by molar-refractivity contribution is 6.66. The van der Waals surface area contributed by atoms with Crippen LogP contribution in [0, 0.1) is 0 Å². The second kappa shape index (κ2) is 5.76. The number of hydrogen-bond donors (Lipinski definition) is 0. The van der Waals surface area contributed by atoms with Gasteiger partial charge in [-0.1, -0.05) is 46.9 Å². The third-order valence-electron chi connectivity index (χ3n) is 2.77. The van der Waals surface area contributed by atoms with Gasteiger partial charge in [0.2, 0.25) is 5.89 Å². The van der Waals surface area contributed by atoms with Crippen molar-refractivity contribution in [3.8, 4) is 0 Å². The second-order valence-electron chi connectivity index (χ2n) is 4.34. The number of furan rings is 1. The van der Waals surface area contributed by atoms with Crippen LogP contribution in [0.15, 0.2) is 33.1 Å². The first-order chi connectivity index (χ1) is 10.5. The Bertz CT molecular complexity index is 862. The number of benzene rings is 1. The monoisotopic (exact) mass is 356 g/mol. The van der Waals surface area contributed by atoms with Gasteiger partial charge in [0.1, 0.15) is 17.6 Å². The molecule has 0 N–H and O–H groups in total. The largest absolute Gasteiger partial charge is 0.457 e. The summed E-state index contributed by atoms with van der Waals surface area (Å²) < 4.78 is 9.02. The summed E-state index contributed by atoms with van der Waals surface area (Å²) in [6.07, 6.45) is 3.93. The minimum Gasteiger partial charge on any atom is -0.457 e. The molecule has 0 saturated carbocycles. The fourth-order valence-corrected chi connectivity index (χ4v) is 2.02. The van der Waals surface area contributed by atoms with Crippen LogP contribution in [0.2, 0.25) is 0 Å². The maximum atomic E-state index is 10.7. The lowest BCUT2D eigenvalue weighted by molar-refractivity contribution is 0.112. The topological polar surface area (TPSA) is 69.1 Å². The van der Waals surface area contributed by atoms with Gasteiger partial charge in [-0.3, -0.25) is 4.79 Å². The van der Waals surface area contributed by atoms with Gasteiger partial charge >= 0.3 is 0 Å². The summed E-state index contributed by atoms with van der Waals surface area (Å²) in [6.45, 7) is 0. The average molecular weight is 358 g/mol. The van der Waals surface area contributed by atoms with Crippen LogP contribution in [0.1, 0.15) is 27.9 Å². The van der Waals surface area contributed by atoms with E-state index >= 15 is 0 Å². The number of nitrogens with zero attached hydrogens (tertiary/aromatic N) is 2. The minimum atomic E-state index is -1.76. The van der Waals surface area contributed by atoms with E-state index in [1.165, 1.54) is 6.08 Å². The Kier molecular flexibility index (Phi) is 3.95. The van der Waals surface area contributed by atoms with E-state index in [4.69, 9.17) is 43.6 Å². The van der Waals surface area contributed by atoms with Crippen LogP contribution in [0.3, 0.4) is 0 Å². The first-order valence-electron chi connectivity index (χ1n) is 6.03. The van der Waals surface area contributed by atoms with E-state index in [1.54, 1.807) is 24.3 Å². The first kappa shape index (κ1) is 15.1. The number of alkyl halides is 3. The van der Waals surface area contributed by atoms with Crippen molar-refractivity contribution in [2.45, 2.75) is 3.79 Å². The van der Waals surface area contributed by atoms with Gasteiger partial charge in [-0.05, 0) is 18.2 Å². The third-order valence-corrected chi connectivity index (χ3v) is 3.26. The summed E-state index contributed by atoms with van der Waals surface area (Å²) in [7, 11) is 0. The van der Waals surface area contributed by atoms with Crippen LogP contribution in [0.25, 0.3) is 23.1 Å². The minimum absolute atomic E-state index is 0.114. The molecule has 0 saturated heterocycles. The molecule has 0 spiro atoms. The van der Waals surface area contributed by atoms with Crippen molar-refractivity contribution < 1.29 is 13.6 Å². The highest BCUT2D eigenvalue weighted by Crippen LogP contribution is 2.37. The second-order valence-corrected chi connectivity index (χ2v) is 6.62. The van der Waals surface area contributed by atoms with E-state index in [0.717, 1.165) is 11.7 Å². The molecule has 22 heavy (non-hydrogen) atoms. The lowest BCUT2D eigenvalue weighted by atomic mass is 10.2. The molecule has 0 aliphatic heterocycles. The Morgan fingerprint density at radius 2 is 1.86 bits per heavy atom. The number of carbonyl (C=O) groups is 1. The number of rotatable bonds is 3. The molecule has 2 aromatic heterocycles. The highest BCUT2D eigenvalue weighted by Gasteiger charge is 2.29. The number of carbonyl (C=O) groups excluding carboxylic acids is 1. The Balaban J connectivity index is 1.86. The number of halogens is 3. The average Bonchev–Trinajstić information content (AvgIpc) is 3.10. The van der Waals surface area contributed by atoms with Crippen molar-refractivity contribution in [1.29, 1.82) is 0 Å². The standard InChI is InChI=1S/C14H7Cl3N2O3/c15-14(16,17)13-19-18-12(22-13)4-3-10-6-9-2-1-8(7-20)5-11(9)21-10/h1-7H/b4-3+. The van der Waals surface area contributed by atoms with Gasteiger partial charge in [-0.2, -0.15) is 0 Å². The molecule has 112 valence electrons. The molecule has 0 atom stereocenters. The van der Waals surface area contributed by atoms with Gasteiger partial charge < -0.3 is 8.83 Å². The maximum Gasteiger partial charge on any atom is 0.268 e. The molecule has 0 aliphatic carbocycles. The van der Waals surface area contributed by atoms with Crippen molar-refractivity contribution in [2.75, 3.05) is 0 Å². The van der Waals surface area contributed by atoms with Gasteiger partial charge in [-0.15, -0.1) is 10.2 Å². The van der Waals surface area contributed by atoms with Crippen LogP contribution >= 0.6 is 34.8 Å². The van der Waals surface area contributed by atoms with Gasteiger partial charge in [0.25, 0.3) is 9.68 Å². The fraction of sp³-hybridized carbons (Fsp3) is 0.0714. The number of hydrogen-bond acceptors (Lipinski definition) is 5. The van der Waals surface area contributed by atoms with Gasteiger partial charge in [0.05, 0.1) is 0 Å². The molecule has 0 bridgehead atoms. The van der Waals surface area contributed by atoms with Gasteiger partial charge in [0.15, 0.2) is 0 Å². The molecular formula is C14H7Cl3N2O3. The van der Waals surface area contributed by atoms with E-state index < -0.39 is 3.79 Å². The summed E-state index contributed by atoms with van der Waals surface area (Å²) in [5.74, 6) is 0.624. The van der Waals surface area contributed by atoms with Crippen LogP contribution in [-0.2, 0) is 3.79 Å². The van der Waals surface area contributed by atoms with Crippen molar-refractivity contribution in [1.82, 2.24) is 10.2 Å². The summed E-state index contributed by atoms with van der Waals surface area (Å²) in [5.41, 5.74) is 1.15. The molecule has 0 unspecified atom stereocenters. The lowest BCUT2D eigenvalue weighted by Crippen LogP contribution is -1.99. The fourth-order valence-electron chi connectivity index (χ4n) is 1.79.